The topological polar surface area (TPSA) is 243 Å². The first-order valence-electron chi connectivity index (χ1n) is 9.30. The zero-order chi connectivity index (χ0) is 23.8. The van der Waals surface area contributed by atoms with E-state index in [0.29, 0.717) is 0 Å². The summed E-state index contributed by atoms with van der Waals surface area (Å²) in [6.07, 6.45) is 11.8. The smallest absolute Gasteiger partial charge is 0.337 e. The van der Waals surface area contributed by atoms with Crippen LogP contribution in [0, 0.1) is 0 Å². The maximum Gasteiger partial charge on any atom is 0.362 e. The predicted molar refractivity (Wildman–Crippen MR) is 101 cm³/mol. The Morgan fingerprint density at radius 1 is 0.414 bits per heavy atom. The molecule has 0 saturated carbocycles. The minimum Gasteiger partial charge on any atom is -0.337 e. The standard InChI is InChI=1S/2C6H13.2C2H6O6.Sn/c2*1-3-5-6-4-2;2*3-1(4,5)2(6,7)8;/h2*1,3-6H2,2H3;2*3-8H;. The molecular weight excluding hydrogens is 503 g/mol. The third-order valence-electron chi connectivity index (χ3n) is 3.31. The van der Waals surface area contributed by atoms with E-state index in [0.717, 1.165) is 0 Å². The molecule has 0 unspecified atom stereocenters. The number of aliphatic hydroxyl groups is 12. The number of unbranched alkanes of at least 4 members (excludes halogenated alkanes) is 6. The van der Waals surface area contributed by atoms with Gasteiger partial charge in [0.1, 0.15) is 0 Å². The quantitative estimate of drug-likeness (QED) is 0.0681. The number of hydrogen-bond acceptors (Lipinski definition) is 12. The van der Waals surface area contributed by atoms with E-state index >= 15 is 0 Å². The maximum atomic E-state index is 7.72. The van der Waals surface area contributed by atoms with Gasteiger partial charge in [-0.25, -0.2) is 0 Å². The van der Waals surface area contributed by atoms with Gasteiger partial charge in [-0.1, -0.05) is 0 Å². The molecule has 0 aliphatic heterocycles. The van der Waals surface area contributed by atoms with E-state index in [4.69, 9.17) is 61.3 Å². The van der Waals surface area contributed by atoms with Crippen LogP contribution in [0.2, 0.25) is 8.87 Å². The summed E-state index contributed by atoms with van der Waals surface area (Å²) in [6, 6.07) is 0. The molecule has 12 N–H and O–H groups in total. The van der Waals surface area contributed by atoms with Gasteiger partial charge in [0.25, 0.3) is 0 Å². The van der Waals surface area contributed by atoms with Gasteiger partial charge >= 0.3 is 119 Å². The minimum absolute atomic E-state index is 0.104. The van der Waals surface area contributed by atoms with Crippen LogP contribution < -0.4 is 0 Å². The van der Waals surface area contributed by atoms with Gasteiger partial charge in [-0.3, -0.25) is 0 Å². The zero-order valence-electron chi connectivity index (χ0n) is 16.9. The van der Waals surface area contributed by atoms with E-state index < -0.39 is 23.9 Å². The predicted octanol–water partition coefficient (Wildman–Crippen LogP) is -2.82. The Bertz CT molecular complexity index is 297. The molecule has 0 atom stereocenters. The Morgan fingerprint density at radius 3 is 0.828 bits per heavy atom. The van der Waals surface area contributed by atoms with Crippen molar-refractivity contribution in [1.82, 2.24) is 0 Å². The molecule has 12 nitrogen and oxygen atoms in total. The molecule has 0 aliphatic rings. The van der Waals surface area contributed by atoms with Crippen molar-refractivity contribution in [3.63, 3.8) is 0 Å². The second kappa shape index (κ2) is 16.9. The first kappa shape index (κ1) is 33.9. The van der Waals surface area contributed by atoms with Gasteiger partial charge in [-0.2, -0.15) is 0 Å². The molecule has 0 aromatic rings. The van der Waals surface area contributed by atoms with Crippen molar-refractivity contribution < 1.29 is 61.3 Å². The Labute approximate surface area is 180 Å². The third-order valence-corrected chi connectivity index (χ3v) is 7.35. The van der Waals surface area contributed by atoms with Crippen molar-refractivity contribution in [1.29, 1.82) is 0 Å². The Balaban J connectivity index is -0.000000368. The number of rotatable bonds is 12. The number of hydrogen-bond donors (Lipinski definition) is 12. The van der Waals surface area contributed by atoms with Crippen molar-refractivity contribution in [3.8, 4) is 0 Å². The second-order valence-corrected chi connectivity index (χ2v) is 10.7. The van der Waals surface area contributed by atoms with Crippen LogP contribution in [0.25, 0.3) is 0 Å². The molecular formula is C16H38O12Sn. The normalized spacial score (nSPS) is 12.6. The van der Waals surface area contributed by atoms with Gasteiger partial charge in [0.05, 0.1) is 0 Å². The second-order valence-electron chi connectivity index (χ2n) is 6.41. The molecule has 0 aromatic carbocycles. The first-order chi connectivity index (χ1) is 12.9. The molecule has 0 rings (SSSR count). The van der Waals surface area contributed by atoms with Crippen LogP contribution in [0.5, 0.6) is 0 Å². The zero-order valence-corrected chi connectivity index (χ0v) is 19.8. The molecule has 0 heterocycles. The Kier molecular flexibility index (Phi) is 19.8. The summed E-state index contributed by atoms with van der Waals surface area (Å²) in [4.78, 5) is 0. The first-order valence-corrected chi connectivity index (χ1v) is 13.3. The summed E-state index contributed by atoms with van der Waals surface area (Å²) in [7, 11) is 0. The van der Waals surface area contributed by atoms with Crippen molar-refractivity contribution in [2.75, 3.05) is 0 Å². The van der Waals surface area contributed by atoms with Crippen molar-refractivity contribution in [2.24, 2.45) is 0 Å². The summed E-state index contributed by atoms with van der Waals surface area (Å²) < 4.78 is 3.30. The summed E-state index contributed by atoms with van der Waals surface area (Å²) >= 11 is 0.104. The van der Waals surface area contributed by atoms with Crippen LogP contribution >= 0.6 is 0 Å². The van der Waals surface area contributed by atoms with E-state index in [9.17, 15) is 0 Å². The van der Waals surface area contributed by atoms with Crippen molar-refractivity contribution in [3.05, 3.63) is 0 Å². The van der Waals surface area contributed by atoms with Crippen LogP contribution in [0.3, 0.4) is 0 Å². The van der Waals surface area contributed by atoms with E-state index in [1.165, 1.54) is 38.5 Å². The summed E-state index contributed by atoms with van der Waals surface area (Å²) in [5.74, 6) is -15.6. The summed E-state index contributed by atoms with van der Waals surface area (Å²) in [5, 5.41) is 92.6. The van der Waals surface area contributed by atoms with Gasteiger partial charge in [0.2, 0.25) is 0 Å². The van der Waals surface area contributed by atoms with Gasteiger partial charge < -0.3 is 61.3 Å². The van der Waals surface area contributed by atoms with Gasteiger partial charge in [-0.15, -0.1) is 0 Å². The average molecular weight is 541 g/mol. The summed E-state index contributed by atoms with van der Waals surface area (Å²) in [5.41, 5.74) is 0. The molecule has 0 aliphatic carbocycles. The molecule has 0 aromatic heterocycles. The van der Waals surface area contributed by atoms with E-state index in [1.54, 1.807) is 21.7 Å². The van der Waals surface area contributed by atoms with Crippen molar-refractivity contribution >= 4 is 21.1 Å². The third kappa shape index (κ3) is 24.5. The molecule has 29 heavy (non-hydrogen) atoms. The molecule has 0 spiro atoms. The SMILES string of the molecule is CCCCC[CH2][Sn][CH2]CCCCC.OC(O)(O)C(O)(O)O.OC(O)(O)C(O)(O)O. The molecule has 2 radical (unpaired) electrons. The largest absolute Gasteiger partial charge is 0.362 e. The van der Waals surface area contributed by atoms with E-state index in [1.807, 2.05) is 0 Å². The fourth-order valence-corrected chi connectivity index (χ4v) is 5.05. The van der Waals surface area contributed by atoms with Gasteiger partial charge in [-0.05, 0) is 0 Å². The molecule has 0 fully saturated rings. The molecule has 0 amide bonds. The molecule has 178 valence electrons. The van der Waals surface area contributed by atoms with Crippen molar-refractivity contribution in [2.45, 2.75) is 98.0 Å². The average Bonchev–Trinajstić information content (AvgIpc) is 2.51. The van der Waals surface area contributed by atoms with Crippen LogP contribution in [0.1, 0.15) is 65.2 Å². The minimum atomic E-state index is -3.90. The molecule has 13 heteroatoms. The van der Waals surface area contributed by atoms with Crippen LogP contribution in [0.4, 0.5) is 0 Å². The van der Waals surface area contributed by atoms with Crippen LogP contribution in [0.15, 0.2) is 0 Å². The monoisotopic (exact) mass is 542 g/mol. The molecule has 0 bridgehead atoms. The Morgan fingerprint density at radius 2 is 0.655 bits per heavy atom. The fraction of sp³-hybridized carbons (Fsp3) is 1.00. The van der Waals surface area contributed by atoms with E-state index in [-0.39, 0.29) is 21.1 Å². The van der Waals surface area contributed by atoms with Gasteiger partial charge in [0, 0.05) is 0 Å². The molecule has 0 saturated heterocycles. The van der Waals surface area contributed by atoms with Crippen LogP contribution in [-0.4, -0.2) is 106 Å². The Hall–Kier alpha value is 0.319. The fourth-order valence-electron chi connectivity index (χ4n) is 1.48. The van der Waals surface area contributed by atoms with E-state index in [2.05, 4.69) is 13.8 Å². The van der Waals surface area contributed by atoms with Crippen LogP contribution in [-0.2, 0) is 0 Å². The maximum absolute atomic E-state index is 7.72. The summed E-state index contributed by atoms with van der Waals surface area (Å²) in [6.45, 7) is 4.59. The van der Waals surface area contributed by atoms with Gasteiger partial charge in [0.15, 0.2) is 0 Å².